The number of carbonyl (C=O) groups is 1. The SMILES string of the molecule is O=C(NN1CCCCC1)c1ccc(OC(c2ccc(Cl)cc2)c2ccccc2Cl)nc1. The minimum absolute atomic E-state index is 0.165. The molecule has 1 atom stereocenters. The van der Waals surface area contributed by atoms with E-state index in [9.17, 15) is 4.79 Å². The first-order chi connectivity index (χ1) is 15.1. The number of hydrazine groups is 1. The molecule has 0 saturated carbocycles. The van der Waals surface area contributed by atoms with E-state index >= 15 is 0 Å². The number of ether oxygens (including phenoxy) is 1. The number of pyridine rings is 1. The van der Waals surface area contributed by atoms with Gasteiger partial charge in [0.1, 0.15) is 0 Å². The third-order valence-corrected chi connectivity index (χ3v) is 5.81. The van der Waals surface area contributed by atoms with Gasteiger partial charge in [0.2, 0.25) is 5.88 Å². The smallest absolute Gasteiger partial charge is 0.267 e. The lowest BCUT2D eigenvalue weighted by Gasteiger charge is -2.26. The third kappa shape index (κ3) is 5.56. The minimum atomic E-state index is -0.466. The Morgan fingerprint density at radius 3 is 2.39 bits per heavy atom. The highest BCUT2D eigenvalue weighted by atomic mass is 35.5. The molecule has 1 aromatic heterocycles. The van der Waals surface area contributed by atoms with Crippen molar-refractivity contribution in [3.63, 3.8) is 0 Å². The summed E-state index contributed by atoms with van der Waals surface area (Å²) in [6.07, 6.45) is 4.46. The number of aromatic nitrogens is 1. The van der Waals surface area contributed by atoms with Gasteiger partial charge in [0.05, 0.1) is 5.56 Å². The van der Waals surface area contributed by atoms with E-state index in [-0.39, 0.29) is 5.91 Å². The van der Waals surface area contributed by atoms with E-state index in [0.29, 0.717) is 21.5 Å². The maximum absolute atomic E-state index is 12.5. The maximum atomic E-state index is 12.5. The van der Waals surface area contributed by atoms with Crippen LogP contribution in [0, 0.1) is 0 Å². The van der Waals surface area contributed by atoms with Gasteiger partial charge in [-0.05, 0) is 42.7 Å². The molecule has 5 nitrogen and oxygen atoms in total. The molecule has 0 radical (unpaired) electrons. The van der Waals surface area contributed by atoms with Gasteiger partial charge in [0.15, 0.2) is 6.10 Å². The van der Waals surface area contributed by atoms with Crippen molar-refractivity contribution >= 4 is 29.1 Å². The predicted molar refractivity (Wildman–Crippen MR) is 123 cm³/mol. The Labute approximate surface area is 191 Å². The molecular formula is C24H23Cl2N3O2. The van der Waals surface area contributed by atoms with Crippen LogP contribution in [0.2, 0.25) is 10.0 Å². The molecule has 0 spiro atoms. The monoisotopic (exact) mass is 455 g/mol. The number of piperidine rings is 1. The first-order valence-corrected chi connectivity index (χ1v) is 11.0. The van der Waals surface area contributed by atoms with Crippen molar-refractivity contribution in [1.82, 2.24) is 15.4 Å². The molecule has 160 valence electrons. The molecule has 3 aromatic rings. The van der Waals surface area contributed by atoms with Crippen molar-refractivity contribution in [3.05, 3.63) is 93.6 Å². The predicted octanol–water partition coefficient (Wildman–Crippen LogP) is 5.69. The lowest BCUT2D eigenvalue weighted by molar-refractivity contribution is 0.0749. The summed E-state index contributed by atoms with van der Waals surface area (Å²) in [6.45, 7) is 1.75. The van der Waals surface area contributed by atoms with E-state index in [1.165, 1.54) is 12.6 Å². The van der Waals surface area contributed by atoms with Crippen LogP contribution in [0.3, 0.4) is 0 Å². The average Bonchev–Trinajstić information content (AvgIpc) is 2.80. The number of nitrogens with zero attached hydrogens (tertiary/aromatic N) is 2. The summed E-state index contributed by atoms with van der Waals surface area (Å²) in [5.74, 6) is 0.232. The summed E-state index contributed by atoms with van der Waals surface area (Å²) in [5, 5.41) is 3.20. The molecule has 0 aliphatic carbocycles. The molecule has 1 amide bonds. The van der Waals surface area contributed by atoms with Crippen LogP contribution in [-0.2, 0) is 0 Å². The van der Waals surface area contributed by atoms with Crippen molar-refractivity contribution in [2.75, 3.05) is 13.1 Å². The molecule has 0 bridgehead atoms. The molecule has 4 rings (SSSR count). The van der Waals surface area contributed by atoms with Crippen LogP contribution in [0.5, 0.6) is 5.88 Å². The van der Waals surface area contributed by atoms with E-state index in [1.54, 1.807) is 12.1 Å². The van der Waals surface area contributed by atoms with E-state index in [0.717, 1.165) is 37.1 Å². The van der Waals surface area contributed by atoms with Gasteiger partial charge in [-0.15, -0.1) is 0 Å². The lowest BCUT2D eigenvalue weighted by atomic mass is 10.0. The second kappa shape index (κ2) is 10.1. The highest BCUT2D eigenvalue weighted by Crippen LogP contribution is 2.32. The lowest BCUT2D eigenvalue weighted by Crippen LogP contribution is -2.45. The first-order valence-electron chi connectivity index (χ1n) is 10.3. The number of benzene rings is 2. The fraction of sp³-hybridized carbons (Fsp3) is 0.250. The molecular weight excluding hydrogens is 433 g/mol. The van der Waals surface area contributed by atoms with Crippen molar-refractivity contribution in [3.8, 4) is 5.88 Å². The van der Waals surface area contributed by atoms with E-state index in [4.69, 9.17) is 27.9 Å². The van der Waals surface area contributed by atoms with Crippen LogP contribution in [0.4, 0.5) is 0 Å². The fourth-order valence-corrected chi connectivity index (χ4v) is 3.92. The summed E-state index contributed by atoms with van der Waals surface area (Å²) in [4.78, 5) is 16.9. The molecule has 7 heteroatoms. The number of hydrogen-bond donors (Lipinski definition) is 1. The molecule has 2 aromatic carbocycles. The Kier molecular flexibility index (Phi) is 7.07. The van der Waals surface area contributed by atoms with E-state index in [2.05, 4.69) is 10.4 Å². The highest BCUT2D eigenvalue weighted by Gasteiger charge is 2.20. The summed E-state index contributed by atoms with van der Waals surface area (Å²) in [6, 6.07) is 18.4. The third-order valence-electron chi connectivity index (χ3n) is 5.21. The number of hydrogen-bond acceptors (Lipinski definition) is 4. The summed E-state index contributed by atoms with van der Waals surface area (Å²) in [7, 11) is 0. The molecule has 1 aliphatic heterocycles. The minimum Gasteiger partial charge on any atom is -0.464 e. The average molecular weight is 456 g/mol. The zero-order valence-electron chi connectivity index (χ0n) is 16.9. The second-order valence-corrected chi connectivity index (χ2v) is 8.29. The van der Waals surface area contributed by atoms with Gasteiger partial charge in [-0.2, -0.15) is 0 Å². The van der Waals surface area contributed by atoms with Crippen LogP contribution in [0.15, 0.2) is 66.9 Å². The number of halogens is 2. The molecule has 2 heterocycles. The number of nitrogens with one attached hydrogen (secondary N) is 1. The number of carbonyl (C=O) groups excluding carboxylic acids is 1. The molecule has 31 heavy (non-hydrogen) atoms. The van der Waals surface area contributed by atoms with Gasteiger partial charge in [0, 0.05) is 41.0 Å². The Hall–Kier alpha value is -2.60. The van der Waals surface area contributed by atoms with Crippen molar-refractivity contribution < 1.29 is 9.53 Å². The highest BCUT2D eigenvalue weighted by molar-refractivity contribution is 6.31. The van der Waals surface area contributed by atoms with Crippen LogP contribution < -0.4 is 10.2 Å². The zero-order valence-corrected chi connectivity index (χ0v) is 18.4. The summed E-state index contributed by atoms with van der Waals surface area (Å²) >= 11 is 12.5. The molecule has 1 N–H and O–H groups in total. The Bertz CT molecular complexity index is 1020. The van der Waals surface area contributed by atoms with Crippen molar-refractivity contribution in [2.24, 2.45) is 0 Å². The normalized spacial score (nSPS) is 15.3. The molecule has 1 fully saturated rings. The van der Waals surface area contributed by atoms with E-state index in [1.807, 2.05) is 53.5 Å². The van der Waals surface area contributed by atoms with E-state index < -0.39 is 6.10 Å². The molecule has 1 saturated heterocycles. The summed E-state index contributed by atoms with van der Waals surface area (Å²) in [5.41, 5.74) is 5.14. The van der Waals surface area contributed by atoms with Crippen LogP contribution in [0.25, 0.3) is 0 Å². The molecule has 1 aliphatic rings. The van der Waals surface area contributed by atoms with Crippen LogP contribution in [0.1, 0.15) is 46.9 Å². The Morgan fingerprint density at radius 2 is 1.71 bits per heavy atom. The standard InChI is InChI=1S/C24H23Cl2N3O2/c25-19-11-8-17(9-12-19)23(20-6-2-3-7-21(20)26)31-22-13-10-18(16-27-22)24(30)28-29-14-4-1-5-15-29/h2-3,6-13,16,23H,1,4-5,14-15H2,(H,28,30). The quantitative estimate of drug-likeness (QED) is 0.518. The van der Waals surface area contributed by atoms with Crippen molar-refractivity contribution in [1.29, 1.82) is 0 Å². The van der Waals surface area contributed by atoms with Crippen LogP contribution >= 0.6 is 23.2 Å². The topological polar surface area (TPSA) is 54.5 Å². The first kappa shape index (κ1) is 21.6. The summed E-state index contributed by atoms with van der Waals surface area (Å²) < 4.78 is 6.21. The van der Waals surface area contributed by atoms with Gasteiger partial charge in [-0.3, -0.25) is 10.2 Å². The number of rotatable bonds is 6. The second-order valence-electron chi connectivity index (χ2n) is 7.44. The maximum Gasteiger partial charge on any atom is 0.267 e. The van der Waals surface area contributed by atoms with Gasteiger partial charge >= 0.3 is 0 Å². The fourth-order valence-electron chi connectivity index (χ4n) is 3.56. The van der Waals surface area contributed by atoms with Gasteiger partial charge in [0.25, 0.3) is 5.91 Å². The largest absolute Gasteiger partial charge is 0.464 e. The van der Waals surface area contributed by atoms with Gasteiger partial charge in [-0.1, -0.05) is 60.0 Å². The molecule has 1 unspecified atom stereocenters. The van der Waals surface area contributed by atoms with Crippen LogP contribution in [-0.4, -0.2) is 29.0 Å². The zero-order chi connectivity index (χ0) is 21.6. The Morgan fingerprint density at radius 1 is 0.968 bits per heavy atom. The van der Waals surface area contributed by atoms with Gasteiger partial charge in [-0.25, -0.2) is 9.99 Å². The number of amides is 1. The van der Waals surface area contributed by atoms with Gasteiger partial charge < -0.3 is 4.74 Å². The van der Waals surface area contributed by atoms with Crippen molar-refractivity contribution in [2.45, 2.75) is 25.4 Å². The Balaban J connectivity index is 1.52.